The van der Waals surface area contributed by atoms with E-state index in [-0.39, 0.29) is 18.8 Å². The number of benzene rings is 1. The maximum Gasteiger partial charge on any atom is 0.394 e. The molecule has 0 heterocycles. The lowest BCUT2D eigenvalue weighted by molar-refractivity contribution is -0.151. The number of aliphatic hydroxyl groups is 1. The molecule has 0 aliphatic heterocycles. The molecule has 162 valence electrons. The Morgan fingerprint density at radius 1 is 1.14 bits per heavy atom. The highest BCUT2D eigenvalue weighted by atomic mass is 35.5. The van der Waals surface area contributed by atoms with Gasteiger partial charge in [-0.3, -0.25) is 19.7 Å². The molecule has 0 saturated heterocycles. The Morgan fingerprint density at radius 3 is 2.31 bits per heavy atom. The molecular weight excluding hydrogens is 420 g/mol. The molecule has 29 heavy (non-hydrogen) atoms. The summed E-state index contributed by atoms with van der Waals surface area (Å²) >= 11 is 1.34. The van der Waals surface area contributed by atoms with Crippen LogP contribution in [0, 0.1) is 0 Å². The molecular formula is C19H27ClN2O6S. The lowest BCUT2D eigenvalue weighted by Gasteiger charge is -2.27. The van der Waals surface area contributed by atoms with E-state index in [1.54, 1.807) is 6.92 Å². The molecule has 0 aliphatic carbocycles. The number of rotatable bonds is 10. The largest absolute Gasteiger partial charge is 0.474 e. The number of thioether (sulfide) groups is 1. The second-order valence-corrected chi connectivity index (χ2v) is 7.82. The number of carbonyl (C=O) groups excluding carboxylic acids is 3. The molecule has 1 aromatic rings. The average Bonchev–Trinajstić information content (AvgIpc) is 2.66. The van der Waals surface area contributed by atoms with E-state index in [1.807, 2.05) is 37.3 Å². The minimum atomic E-state index is -1.75. The van der Waals surface area contributed by atoms with Crippen molar-refractivity contribution < 1.29 is 29.4 Å². The predicted octanol–water partition coefficient (Wildman–Crippen LogP) is 1.15. The summed E-state index contributed by atoms with van der Waals surface area (Å²) in [5, 5.41) is 22.8. The predicted molar refractivity (Wildman–Crippen MR) is 113 cm³/mol. The second kappa shape index (κ2) is 14.0. The zero-order chi connectivity index (χ0) is 21.1. The van der Waals surface area contributed by atoms with Crippen LogP contribution in [0.3, 0.4) is 0 Å². The molecule has 0 spiro atoms. The number of halogens is 1. The number of carboxylic acids is 1. The summed E-state index contributed by atoms with van der Waals surface area (Å²) in [5.74, 6) is -3.92. The fraction of sp³-hybridized carbons (Fsp3) is 0.474. The minimum absolute atomic E-state index is 0. The number of aryl methyl sites for hydroxylation is 1. The van der Waals surface area contributed by atoms with Crippen LogP contribution < -0.4 is 10.6 Å². The highest BCUT2D eigenvalue weighted by Crippen LogP contribution is 2.17. The summed E-state index contributed by atoms with van der Waals surface area (Å²) in [5.41, 5.74) is 1.07. The van der Waals surface area contributed by atoms with E-state index in [0.717, 1.165) is 5.56 Å². The summed E-state index contributed by atoms with van der Waals surface area (Å²) in [7, 11) is 0. The van der Waals surface area contributed by atoms with Crippen molar-refractivity contribution in [2.45, 2.75) is 50.5 Å². The number of aliphatic hydroxyl groups excluding tert-OH is 1. The van der Waals surface area contributed by atoms with E-state index < -0.39 is 41.1 Å². The maximum absolute atomic E-state index is 12.2. The van der Waals surface area contributed by atoms with Crippen molar-refractivity contribution in [1.29, 1.82) is 0 Å². The first-order chi connectivity index (χ1) is 13.3. The Kier molecular flexibility index (Phi) is 13.0. The summed E-state index contributed by atoms with van der Waals surface area (Å²) in [6, 6.07) is 8.43. The summed E-state index contributed by atoms with van der Waals surface area (Å²) in [6.45, 7) is 3.50. The van der Waals surface area contributed by atoms with E-state index in [0.29, 0.717) is 18.6 Å². The van der Waals surface area contributed by atoms with Gasteiger partial charge in [0.05, 0.1) is 6.04 Å². The summed E-state index contributed by atoms with van der Waals surface area (Å²) < 4.78 is 0. The molecule has 3 amide bonds. The zero-order valence-corrected chi connectivity index (χ0v) is 17.9. The van der Waals surface area contributed by atoms with Crippen LogP contribution in [0.4, 0.5) is 0 Å². The average molecular weight is 447 g/mol. The molecule has 0 bridgehead atoms. The standard InChI is InChI=1S/C19H26N2O6S.ClH/c1-3-28-12(2)15(21-18(25)19(26)27)16(23)17(24)20-14(22)11-7-10-13-8-5-4-6-9-13;/h4-6,8-9,12,15-16,23H,3,7,10-11H2,1-2H3,(H,21,25)(H,26,27)(H,20,22,24);1H/t12?,15-,16?;/m0./s1. The molecule has 0 radical (unpaired) electrons. The molecule has 2 unspecified atom stereocenters. The Labute approximate surface area is 180 Å². The molecule has 0 aliphatic rings. The number of amides is 3. The van der Waals surface area contributed by atoms with Crippen molar-refractivity contribution in [3.8, 4) is 0 Å². The first kappa shape index (κ1) is 26.9. The third-order valence-corrected chi connectivity index (χ3v) is 5.16. The quantitative estimate of drug-likeness (QED) is 0.396. The van der Waals surface area contributed by atoms with Crippen molar-refractivity contribution >= 4 is 47.9 Å². The highest BCUT2D eigenvalue weighted by Gasteiger charge is 2.34. The van der Waals surface area contributed by atoms with Gasteiger partial charge in [-0.15, -0.1) is 12.4 Å². The van der Waals surface area contributed by atoms with Crippen LogP contribution in [-0.4, -0.2) is 57.1 Å². The SMILES string of the molecule is CCSC(C)[C@H](NC(=O)C(=O)O)C(O)C(=O)NC(=O)CCCc1ccccc1.Cl. The Hall–Kier alpha value is -2.10. The van der Waals surface area contributed by atoms with Gasteiger partial charge in [-0.1, -0.05) is 44.2 Å². The molecule has 10 heteroatoms. The van der Waals surface area contributed by atoms with Gasteiger partial charge in [-0.2, -0.15) is 11.8 Å². The Morgan fingerprint density at radius 2 is 1.76 bits per heavy atom. The highest BCUT2D eigenvalue weighted by molar-refractivity contribution is 7.99. The molecule has 0 aromatic heterocycles. The second-order valence-electron chi connectivity index (χ2n) is 6.16. The van der Waals surface area contributed by atoms with Gasteiger partial charge in [-0.25, -0.2) is 4.79 Å². The monoisotopic (exact) mass is 446 g/mol. The van der Waals surface area contributed by atoms with Crippen molar-refractivity contribution in [3.63, 3.8) is 0 Å². The molecule has 3 atom stereocenters. The Bertz CT molecular complexity index is 689. The lowest BCUT2D eigenvalue weighted by Crippen LogP contribution is -2.56. The van der Waals surface area contributed by atoms with Crippen molar-refractivity contribution in [2.75, 3.05) is 5.75 Å². The van der Waals surface area contributed by atoms with Gasteiger partial charge in [0.25, 0.3) is 5.91 Å². The molecule has 1 rings (SSSR count). The first-order valence-corrected chi connectivity index (χ1v) is 10.0. The number of carbonyl (C=O) groups is 4. The smallest absolute Gasteiger partial charge is 0.394 e. The third kappa shape index (κ3) is 9.78. The lowest BCUT2D eigenvalue weighted by atomic mass is 10.1. The molecule has 4 N–H and O–H groups in total. The van der Waals surface area contributed by atoms with Crippen molar-refractivity contribution in [3.05, 3.63) is 35.9 Å². The summed E-state index contributed by atoms with van der Waals surface area (Å²) in [4.78, 5) is 46.4. The van der Waals surface area contributed by atoms with Gasteiger partial charge in [0.1, 0.15) is 0 Å². The van der Waals surface area contributed by atoms with Gasteiger partial charge in [0.15, 0.2) is 6.10 Å². The van der Waals surface area contributed by atoms with Gasteiger partial charge in [0, 0.05) is 11.7 Å². The molecule has 0 fully saturated rings. The van der Waals surface area contributed by atoms with Crippen LogP contribution >= 0.6 is 24.2 Å². The zero-order valence-electron chi connectivity index (χ0n) is 16.3. The number of aliphatic carboxylic acids is 1. The summed E-state index contributed by atoms with van der Waals surface area (Å²) in [6.07, 6.45) is -0.457. The van der Waals surface area contributed by atoms with Gasteiger partial charge >= 0.3 is 11.9 Å². The minimum Gasteiger partial charge on any atom is -0.474 e. The normalized spacial score (nSPS) is 13.3. The van der Waals surface area contributed by atoms with E-state index in [1.165, 1.54) is 11.8 Å². The van der Waals surface area contributed by atoms with E-state index in [4.69, 9.17) is 5.11 Å². The topological polar surface area (TPSA) is 133 Å². The Balaban J connectivity index is 0.00000784. The molecule has 1 aromatic carbocycles. The van der Waals surface area contributed by atoms with Crippen LogP contribution in [0.2, 0.25) is 0 Å². The van der Waals surface area contributed by atoms with E-state index in [9.17, 15) is 24.3 Å². The van der Waals surface area contributed by atoms with Crippen molar-refractivity contribution in [1.82, 2.24) is 10.6 Å². The van der Waals surface area contributed by atoms with Gasteiger partial charge in [0.2, 0.25) is 5.91 Å². The number of hydrogen-bond donors (Lipinski definition) is 4. The first-order valence-electron chi connectivity index (χ1n) is 8.97. The molecule has 0 saturated carbocycles. The number of carboxylic acid groups (broad SMARTS) is 1. The number of imide groups is 1. The van der Waals surface area contributed by atoms with Crippen LogP contribution in [-0.2, 0) is 25.6 Å². The third-order valence-electron chi connectivity index (χ3n) is 4.01. The fourth-order valence-electron chi connectivity index (χ4n) is 2.57. The number of nitrogens with one attached hydrogen (secondary N) is 2. The maximum atomic E-state index is 12.2. The van der Waals surface area contributed by atoms with Crippen LogP contribution in [0.25, 0.3) is 0 Å². The molecule has 8 nitrogen and oxygen atoms in total. The van der Waals surface area contributed by atoms with Crippen LogP contribution in [0.5, 0.6) is 0 Å². The van der Waals surface area contributed by atoms with E-state index in [2.05, 4.69) is 10.6 Å². The van der Waals surface area contributed by atoms with Gasteiger partial charge < -0.3 is 15.5 Å². The van der Waals surface area contributed by atoms with Crippen LogP contribution in [0.1, 0.15) is 32.3 Å². The van der Waals surface area contributed by atoms with Gasteiger partial charge in [-0.05, 0) is 24.2 Å². The van der Waals surface area contributed by atoms with Crippen molar-refractivity contribution in [2.24, 2.45) is 0 Å². The fourth-order valence-corrected chi connectivity index (χ4v) is 3.52. The van der Waals surface area contributed by atoms with Crippen LogP contribution in [0.15, 0.2) is 30.3 Å². The van der Waals surface area contributed by atoms with E-state index >= 15 is 0 Å². The number of hydrogen-bond acceptors (Lipinski definition) is 6.